The van der Waals surface area contributed by atoms with Gasteiger partial charge in [-0.1, -0.05) is 18.2 Å². The third kappa shape index (κ3) is 4.59. The van der Waals surface area contributed by atoms with E-state index in [1.165, 1.54) is 18.2 Å². The van der Waals surface area contributed by atoms with Crippen molar-refractivity contribution >= 4 is 11.7 Å². The van der Waals surface area contributed by atoms with Crippen LogP contribution in [0.2, 0.25) is 0 Å². The second kappa shape index (κ2) is 8.90. The summed E-state index contributed by atoms with van der Waals surface area (Å²) in [5.41, 5.74) is 0.844. The quantitative estimate of drug-likeness (QED) is 0.645. The maximum atomic E-state index is 13.2. The molecule has 1 heterocycles. The van der Waals surface area contributed by atoms with E-state index in [0.717, 1.165) is 5.56 Å². The first-order valence-corrected chi connectivity index (χ1v) is 8.50. The molecule has 0 bridgehead atoms. The largest absolute Gasteiger partial charge is 0.493 e. The van der Waals surface area contributed by atoms with Gasteiger partial charge in [-0.25, -0.2) is 9.07 Å². The van der Waals surface area contributed by atoms with Crippen LogP contribution >= 0.6 is 0 Å². The fraction of sp³-hybridized carbons (Fsp3) is 0.200. The summed E-state index contributed by atoms with van der Waals surface area (Å²) < 4.78 is 30.8. The number of amides is 1. The summed E-state index contributed by atoms with van der Waals surface area (Å²) >= 11 is 0. The van der Waals surface area contributed by atoms with Crippen LogP contribution in [0.4, 0.5) is 10.2 Å². The van der Waals surface area contributed by atoms with Crippen molar-refractivity contribution in [2.24, 2.45) is 0 Å². The van der Waals surface area contributed by atoms with Gasteiger partial charge in [-0.2, -0.15) is 5.10 Å². The van der Waals surface area contributed by atoms with Crippen molar-refractivity contribution in [1.82, 2.24) is 9.78 Å². The third-order valence-electron chi connectivity index (χ3n) is 3.95. The van der Waals surface area contributed by atoms with Gasteiger partial charge in [0.15, 0.2) is 18.1 Å². The Kier molecular flexibility index (Phi) is 6.11. The number of halogens is 1. The minimum absolute atomic E-state index is 0.253. The third-order valence-corrected chi connectivity index (χ3v) is 3.95. The zero-order valence-electron chi connectivity index (χ0n) is 15.5. The monoisotopic (exact) mass is 385 g/mol. The van der Waals surface area contributed by atoms with E-state index in [-0.39, 0.29) is 18.3 Å². The zero-order valence-corrected chi connectivity index (χ0v) is 15.5. The first-order valence-electron chi connectivity index (χ1n) is 8.50. The highest BCUT2D eigenvalue weighted by atomic mass is 19.1. The van der Waals surface area contributed by atoms with Crippen LogP contribution in [0.25, 0.3) is 0 Å². The number of nitrogens with one attached hydrogen (secondary N) is 1. The maximum Gasteiger partial charge on any atom is 0.263 e. The Morgan fingerprint density at radius 1 is 1.14 bits per heavy atom. The highest BCUT2D eigenvalue weighted by Gasteiger charge is 2.13. The van der Waals surface area contributed by atoms with Crippen LogP contribution in [0.5, 0.6) is 17.2 Å². The second-order valence-corrected chi connectivity index (χ2v) is 5.82. The van der Waals surface area contributed by atoms with Gasteiger partial charge in [0.05, 0.1) is 27.0 Å². The standard InChI is InChI=1S/C20H20FN3O4/c1-26-17-8-3-5-14(20(17)27-2)12-24-18(9-10-22-24)23-19(25)13-28-16-7-4-6-15(21)11-16/h3-11H,12-13H2,1-2H3,(H,23,25). The molecule has 0 saturated carbocycles. The predicted octanol–water partition coefficient (Wildman–Crippen LogP) is 3.11. The number of rotatable bonds is 8. The van der Waals surface area contributed by atoms with Crippen LogP contribution in [0.1, 0.15) is 5.56 Å². The average Bonchev–Trinajstić information content (AvgIpc) is 3.12. The van der Waals surface area contributed by atoms with E-state index < -0.39 is 5.82 Å². The van der Waals surface area contributed by atoms with Gasteiger partial charge in [-0.15, -0.1) is 0 Å². The van der Waals surface area contributed by atoms with Crippen LogP contribution in [0.3, 0.4) is 0 Å². The van der Waals surface area contributed by atoms with Crippen molar-refractivity contribution in [1.29, 1.82) is 0 Å². The molecule has 8 heteroatoms. The number of nitrogens with zero attached hydrogens (tertiary/aromatic N) is 2. The molecule has 146 valence electrons. The molecule has 7 nitrogen and oxygen atoms in total. The number of aromatic nitrogens is 2. The lowest BCUT2D eigenvalue weighted by Gasteiger charge is -2.14. The lowest BCUT2D eigenvalue weighted by Crippen LogP contribution is -2.22. The van der Waals surface area contributed by atoms with Crippen LogP contribution in [0.15, 0.2) is 54.7 Å². The molecule has 2 aromatic carbocycles. The number of hydrogen-bond acceptors (Lipinski definition) is 5. The van der Waals surface area contributed by atoms with Gasteiger partial charge in [-0.05, 0) is 18.2 Å². The molecule has 0 saturated heterocycles. The molecule has 0 aliphatic carbocycles. The minimum Gasteiger partial charge on any atom is -0.493 e. The van der Waals surface area contributed by atoms with Crippen molar-refractivity contribution in [3.8, 4) is 17.2 Å². The summed E-state index contributed by atoms with van der Waals surface area (Å²) in [6, 6.07) is 12.8. The lowest BCUT2D eigenvalue weighted by molar-refractivity contribution is -0.118. The molecule has 28 heavy (non-hydrogen) atoms. The van der Waals surface area contributed by atoms with Crippen molar-refractivity contribution in [3.05, 3.63) is 66.1 Å². The molecule has 0 fully saturated rings. The van der Waals surface area contributed by atoms with Crippen molar-refractivity contribution in [3.63, 3.8) is 0 Å². The molecule has 1 amide bonds. The van der Waals surface area contributed by atoms with Crippen LogP contribution in [-0.2, 0) is 11.3 Å². The van der Waals surface area contributed by atoms with Crippen LogP contribution in [-0.4, -0.2) is 36.5 Å². The number of benzene rings is 2. The van der Waals surface area contributed by atoms with E-state index in [2.05, 4.69) is 10.4 Å². The summed E-state index contributed by atoms with van der Waals surface area (Å²) in [6.07, 6.45) is 1.58. The van der Waals surface area contributed by atoms with E-state index in [9.17, 15) is 9.18 Å². The van der Waals surface area contributed by atoms with Gasteiger partial charge in [-0.3, -0.25) is 4.79 Å². The maximum absolute atomic E-state index is 13.2. The normalized spacial score (nSPS) is 10.4. The first kappa shape index (κ1) is 19.2. The van der Waals surface area contributed by atoms with Gasteiger partial charge in [0.2, 0.25) is 0 Å². The summed E-state index contributed by atoms with van der Waals surface area (Å²) in [5, 5.41) is 6.97. The van der Waals surface area contributed by atoms with Gasteiger partial charge in [0, 0.05) is 17.7 Å². The Morgan fingerprint density at radius 2 is 1.96 bits per heavy atom. The highest BCUT2D eigenvalue weighted by molar-refractivity contribution is 5.91. The molecule has 0 aliphatic heterocycles. The molecule has 3 rings (SSSR count). The molecule has 1 N–H and O–H groups in total. The van der Waals surface area contributed by atoms with Crippen molar-refractivity contribution in [2.45, 2.75) is 6.54 Å². The van der Waals surface area contributed by atoms with Crippen molar-refractivity contribution < 1.29 is 23.4 Å². The smallest absolute Gasteiger partial charge is 0.263 e. The molecule has 0 unspecified atom stereocenters. The number of anilines is 1. The molecular formula is C20H20FN3O4. The average molecular weight is 385 g/mol. The Bertz CT molecular complexity index is 958. The molecular weight excluding hydrogens is 365 g/mol. The number of ether oxygens (including phenoxy) is 3. The number of para-hydroxylation sites is 1. The Balaban J connectivity index is 1.66. The topological polar surface area (TPSA) is 74.6 Å². The first-order chi connectivity index (χ1) is 13.6. The molecule has 3 aromatic rings. The van der Waals surface area contributed by atoms with E-state index in [0.29, 0.717) is 23.9 Å². The zero-order chi connectivity index (χ0) is 19.9. The summed E-state index contributed by atoms with van der Waals surface area (Å²) in [6.45, 7) is 0.116. The molecule has 0 aliphatic rings. The predicted molar refractivity (Wildman–Crippen MR) is 101 cm³/mol. The Morgan fingerprint density at radius 3 is 2.71 bits per heavy atom. The lowest BCUT2D eigenvalue weighted by atomic mass is 10.2. The number of carbonyl (C=O) groups is 1. The van der Waals surface area contributed by atoms with Crippen LogP contribution in [0, 0.1) is 5.82 Å². The second-order valence-electron chi connectivity index (χ2n) is 5.82. The Labute approximate surface area is 161 Å². The SMILES string of the molecule is COc1cccc(Cn2nccc2NC(=O)COc2cccc(F)c2)c1OC. The van der Waals surface area contributed by atoms with Gasteiger partial charge in [0.1, 0.15) is 17.4 Å². The van der Waals surface area contributed by atoms with E-state index in [1.807, 2.05) is 12.1 Å². The number of methoxy groups -OCH3 is 2. The number of carbonyl (C=O) groups excluding carboxylic acids is 1. The molecule has 1 aromatic heterocycles. The van der Waals surface area contributed by atoms with Gasteiger partial charge in [0.25, 0.3) is 5.91 Å². The minimum atomic E-state index is -0.428. The van der Waals surface area contributed by atoms with E-state index in [1.54, 1.807) is 43.3 Å². The fourth-order valence-corrected chi connectivity index (χ4v) is 2.69. The summed E-state index contributed by atoms with van der Waals surface area (Å²) in [7, 11) is 3.14. The molecule has 0 radical (unpaired) electrons. The fourth-order valence-electron chi connectivity index (χ4n) is 2.69. The molecule has 0 spiro atoms. The van der Waals surface area contributed by atoms with Gasteiger partial charge >= 0.3 is 0 Å². The van der Waals surface area contributed by atoms with Crippen LogP contribution < -0.4 is 19.5 Å². The molecule has 0 atom stereocenters. The van der Waals surface area contributed by atoms with Crippen molar-refractivity contribution in [2.75, 3.05) is 26.1 Å². The van der Waals surface area contributed by atoms with E-state index >= 15 is 0 Å². The van der Waals surface area contributed by atoms with E-state index in [4.69, 9.17) is 14.2 Å². The summed E-state index contributed by atoms with van der Waals surface area (Å²) in [5.74, 6) is 1.18. The highest BCUT2D eigenvalue weighted by Crippen LogP contribution is 2.31. The van der Waals surface area contributed by atoms with Gasteiger partial charge < -0.3 is 19.5 Å². The number of hydrogen-bond donors (Lipinski definition) is 1. The summed E-state index contributed by atoms with van der Waals surface area (Å²) in [4.78, 5) is 12.2. The Hall–Kier alpha value is -3.55.